The minimum Gasteiger partial charge on any atom is -0.329 e. The van der Waals surface area contributed by atoms with Crippen LogP contribution in [0.1, 0.15) is 18.0 Å². The van der Waals surface area contributed by atoms with Gasteiger partial charge in [0.25, 0.3) is 0 Å². The zero-order chi connectivity index (χ0) is 11.1. The topological polar surface area (TPSA) is 38.0 Å². The lowest BCUT2D eigenvalue weighted by atomic mass is 10.1. The van der Waals surface area contributed by atoms with Crippen molar-refractivity contribution in [3.63, 3.8) is 0 Å². The lowest BCUT2D eigenvalue weighted by molar-refractivity contribution is 0.548. The maximum atomic E-state index is 5.92. The molecule has 0 saturated carbocycles. The lowest BCUT2D eigenvalue weighted by Crippen LogP contribution is -2.28. The first-order valence-corrected chi connectivity index (χ1v) is 5.45. The van der Waals surface area contributed by atoms with Crippen LogP contribution in [0.2, 0.25) is 5.02 Å². The Bertz CT molecular complexity index is 312. The third-order valence-electron chi connectivity index (χ3n) is 2.23. The third kappa shape index (κ3) is 4.04. The molecule has 0 aliphatic carbocycles. The summed E-state index contributed by atoms with van der Waals surface area (Å²) in [5.74, 6) is 0. The van der Waals surface area contributed by atoms with Crippen molar-refractivity contribution in [2.75, 3.05) is 13.1 Å². The molecule has 0 aliphatic heterocycles. The Labute approximate surface area is 96.1 Å². The Morgan fingerprint density at radius 2 is 2.33 bits per heavy atom. The molecule has 3 heteroatoms. The molecule has 1 rings (SSSR count). The van der Waals surface area contributed by atoms with Crippen molar-refractivity contribution in [1.82, 2.24) is 5.32 Å². The summed E-state index contributed by atoms with van der Waals surface area (Å²) < 4.78 is 0. The quantitative estimate of drug-likeness (QED) is 0.576. The second kappa shape index (κ2) is 6.62. The zero-order valence-electron chi connectivity index (χ0n) is 8.75. The van der Waals surface area contributed by atoms with E-state index in [9.17, 15) is 0 Å². The largest absolute Gasteiger partial charge is 0.329 e. The Hall–Kier alpha value is -0.830. The molecule has 1 atom stereocenters. The molecule has 0 spiro atoms. The average Bonchev–Trinajstić information content (AvgIpc) is 2.24. The molecule has 3 N–H and O–H groups in total. The van der Waals surface area contributed by atoms with E-state index in [1.807, 2.05) is 30.3 Å². The van der Waals surface area contributed by atoms with E-state index in [1.54, 1.807) is 0 Å². The van der Waals surface area contributed by atoms with Crippen molar-refractivity contribution in [3.8, 4) is 0 Å². The molecule has 82 valence electrons. The van der Waals surface area contributed by atoms with Crippen molar-refractivity contribution in [2.24, 2.45) is 5.73 Å². The summed E-state index contributed by atoms with van der Waals surface area (Å²) in [6, 6.07) is 7.95. The molecule has 2 nitrogen and oxygen atoms in total. The Kier molecular flexibility index (Phi) is 5.40. The van der Waals surface area contributed by atoms with E-state index < -0.39 is 0 Å². The number of halogens is 1. The van der Waals surface area contributed by atoms with Gasteiger partial charge in [-0.3, -0.25) is 0 Å². The van der Waals surface area contributed by atoms with Crippen LogP contribution < -0.4 is 11.1 Å². The molecule has 0 heterocycles. The van der Waals surface area contributed by atoms with Crippen LogP contribution in [-0.2, 0) is 0 Å². The SMILES string of the molecule is C=CCCNC(CN)c1cccc(Cl)c1. The van der Waals surface area contributed by atoms with Gasteiger partial charge in [-0.1, -0.05) is 29.8 Å². The van der Waals surface area contributed by atoms with Crippen LogP contribution >= 0.6 is 11.6 Å². The van der Waals surface area contributed by atoms with Gasteiger partial charge < -0.3 is 11.1 Å². The molecule has 0 radical (unpaired) electrons. The standard InChI is InChI=1S/C12H17ClN2/c1-2-3-7-15-12(9-14)10-5-4-6-11(13)8-10/h2,4-6,8,12,15H,1,3,7,9,14H2. The number of benzene rings is 1. The molecule has 0 amide bonds. The lowest BCUT2D eigenvalue weighted by Gasteiger charge is -2.16. The molecule has 1 aromatic rings. The summed E-state index contributed by atoms with van der Waals surface area (Å²) in [5, 5.41) is 4.11. The average molecular weight is 225 g/mol. The Morgan fingerprint density at radius 1 is 1.53 bits per heavy atom. The normalized spacial score (nSPS) is 12.4. The third-order valence-corrected chi connectivity index (χ3v) is 2.46. The van der Waals surface area contributed by atoms with Crippen molar-refractivity contribution in [2.45, 2.75) is 12.5 Å². The highest BCUT2D eigenvalue weighted by Crippen LogP contribution is 2.16. The minimum atomic E-state index is 0.170. The fourth-order valence-corrected chi connectivity index (χ4v) is 1.62. The van der Waals surface area contributed by atoms with Crippen LogP contribution in [0.5, 0.6) is 0 Å². The second-order valence-electron chi connectivity index (χ2n) is 3.37. The predicted octanol–water partition coefficient (Wildman–Crippen LogP) is 2.51. The fraction of sp³-hybridized carbons (Fsp3) is 0.333. The van der Waals surface area contributed by atoms with Crippen molar-refractivity contribution >= 4 is 11.6 Å². The molecular weight excluding hydrogens is 208 g/mol. The molecule has 0 aliphatic rings. The Balaban J connectivity index is 2.61. The van der Waals surface area contributed by atoms with Gasteiger partial charge in [-0.25, -0.2) is 0 Å². The molecular formula is C12H17ClN2. The summed E-state index contributed by atoms with van der Waals surface area (Å²) in [7, 11) is 0. The van der Waals surface area contributed by atoms with Gasteiger partial charge in [0, 0.05) is 17.6 Å². The first-order valence-electron chi connectivity index (χ1n) is 5.07. The van der Waals surface area contributed by atoms with Gasteiger partial charge in [0.2, 0.25) is 0 Å². The molecule has 0 bridgehead atoms. The van der Waals surface area contributed by atoms with E-state index in [0.717, 1.165) is 23.6 Å². The highest BCUT2D eigenvalue weighted by atomic mass is 35.5. The molecule has 1 unspecified atom stereocenters. The maximum Gasteiger partial charge on any atom is 0.0445 e. The van der Waals surface area contributed by atoms with Crippen molar-refractivity contribution in [3.05, 3.63) is 47.5 Å². The number of nitrogens with one attached hydrogen (secondary N) is 1. The molecule has 0 aromatic heterocycles. The van der Waals surface area contributed by atoms with Gasteiger partial charge in [-0.2, -0.15) is 0 Å². The highest BCUT2D eigenvalue weighted by Gasteiger charge is 2.07. The van der Waals surface area contributed by atoms with Crippen molar-refractivity contribution in [1.29, 1.82) is 0 Å². The minimum absolute atomic E-state index is 0.170. The monoisotopic (exact) mass is 224 g/mol. The van der Waals surface area contributed by atoms with E-state index in [1.165, 1.54) is 0 Å². The highest BCUT2D eigenvalue weighted by molar-refractivity contribution is 6.30. The van der Waals surface area contributed by atoms with E-state index in [2.05, 4.69) is 11.9 Å². The smallest absolute Gasteiger partial charge is 0.0445 e. The van der Waals surface area contributed by atoms with Gasteiger partial charge >= 0.3 is 0 Å². The Morgan fingerprint density at radius 3 is 2.93 bits per heavy atom. The number of nitrogens with two attached hydrogens (primary N) is 1. The molecule has 1 aromatic carbocycles. The summed E-state index contributed by atoms with van der Waals surface area (Å²) in [6.07, 6.45) is 2.83. The predicted molar refractivity (Wildman–Crippen MR) is 66.1 cm³/mol. The van der Waals surface area contributed by atoms with E-state index in [0.29, 0.717) is 6.54 Å². The summed E-state index contributed by atoms with van der Waals surface area (Å²) in [6.45, 7) is 5.13. The molecule has 15 heavy (non-hydrogen) atoms. The van der Waals surface area contributed by atoms with E-state index >= 15 is 0 Å². The van der Waals surface area contributed by atoms with Gasteiger partial charge in [0.05, 0.1) is 0 Å². The summed E-state index contributed by atoms with van der Waals surface area (Å²) in [5.41, 5.74) is 6.84. The zero-order valence-corrected chi connectivity index (χ0v) is 9.50. The van der Waals surface area contributed by atoms with Crippen LogP contribution in [-0.4, -0.2) is 13.1 Å². The summed E-state index contributed by atoms with van der Waals surface area (Å²) in [4.78, 5) is 0. The molecule has 0 saturated heterocycles. The van der Waals surface area contributed by atoms with Crippen LogP contribution in [0, 0.1) is 0 Å². The first kappa shape index (κ1) is 12.2. The van der Waals surface area contributed by atoms with Gasteiger partial charge in [-0.05, 0) is 30.7 Å². The fourth-order valence-electron chi connectivity index (χ4n) is 1.42. The van der Waals surface area contributed by atoms with E-state index in [4.69, 9.17) is 17.3 Å². The summed E-state index contributed by atoms with van der Waals surface area (Å²) >= 11 is 5.92. The van der Waals surface area contributed by atoms with Crippen LogP contribution in [0.3, 0.4) is 0 Å². The van der Waals surface area contributed by atoms with Crippen LogP contribution in [0.15, 0.2) is 36.9 Å². The second-order valence-corrected chi connectivity index (χ2v) is 3.81. The van der Waals surface area contributed by atoms with E-state index in [-0.39, 0.29) is 6.04 Å². The van der Waals surface area contributed by atoms with Gasteiger partial charge in [0.15, 0.2) is 0 Å². The van der Waals surface area contributed by atoms with Gasteiger partial charge in [-0.15, -0.1) is 6.58 Å². The molecule has 0 fully saturated rings. The van der Waals surface area contributed by atoms with Crippen LogP contribution in [0.25, 0.3) is 0 Å². The van der Waals surface area contributed by atoms with Gasteiger partial charge in [0.1, 0.15) is 0 Å². The first-order chi connectivity index (χ1) is 7.27. The number of hydrogen-bond acceptors (Lipinski definition) is 2. The van der Waals surface area contributed by atoms with Crippen LogP contribution in [0.4, 0.5) is 0 Å². The van der Waals surface area contributed by atoms with Crippen molar-refractivity contribution < 1.29 is 0 Å². The number of rotatable bonds is 6. The maximum absolute atomic E-state index is 5.92. The number of hydrogen-bond donors (Lipinski definition) is 2.